The normalized spacial score (nSPS) is 13.8. The van der Waals surface area contributed by atoms with Crippen LogP contribution in [-0.4, -0.2) is 34.1 Å². The molecule has 21 heavy (non-hydrogen) atoms. The second-order valence-corrected chi connectivity index (χ2v) is 6.54. The zero-order chi connectivity index (χ0) is 16.0. The van der Waals surface area contributed by atoms with Crippen LogP contribution < -0.4 is 10.6 Å². The Labute approximate surface area is 129 Å². The quantitative estimate of drug-likeness (QED) is 0.714. The zero-order valence-corrected chi connectivity index (χ0v) is 13.7. The van der Waals surface area contributed by atoms with Gasteiger partial charge in [-0.2, -0.15) is 0 Å². The number of carbonyl (C=O) groups excluding carboxylic acids is 2. The van der Waals surface area contributed by atoms with E-state index in [0.29, 0.717) is 11.6 Å². The standard InChI is InChI=1S/C14H23N3O3S/c1-5-6-10(16-13(20)11(18)8(2)3)12(19)17-14-15-7-9(4)21-14/h7-8,10-11,18H,5-6H2,1-4H3,(H,16,20)(H,15,17,19)/t10-,11-/m0/s1. The van der Waals surface area contributed by atoms with Gasteiger partial charge in [0.1, 0.15) is 12.1 Å². The van der Waals surface area contributed by atoms with Gasteiger partial charge in [-0.15, -0.1) is 11.3 Å². The molecule has 6 nitrogen and oxygen atoms in total. The van der Waals surface area contributed by atoms with E-state index in [1.54, 1.807) is 20.0 Å². The molecule has 1 aromatic heterocycles. The molecule has 2 amide bonds. The van der Waals surface area contributed by atoms with Crippen LogP contribution in [0.5, 0.6) is 0 Å². The molecule has 7 heteroatoms. The minimum Gasteiger partial charge on any atom is -0.383 e. The highest BCUT2D eigenvalue weighted by atomic mass is 32.1. The molecule has 0 aliphatic heterocycles. The minimum atomic E-state index is -1.11. The number of carbonyl (C=O) groups is 2. The van der Waals surface area contributed by atoms with Crippen LogP contribution in [0.15, 0.2) is 6.20 Å². The van der Waals surface area contributed by atoms with Gasteiger partial charge in [-0.25, -0.2) is 4.98 Å². The average molecular weight is 313 g/mol. The highest BCUT2D eigenvalue weighted by molar-refractivity contribution is 7.15. The Balaban J connectivity index is 2.67. The van der Waals surface area contributed by atoms with Gasteiger partial charge in [0.05, 0.1) is 0 Å². The number of hydrogen-bond donors (Lipinski definition) is 3. The summed E-state index contributed by atoms with van der Waals surface area (Å²) in [6.07, 6.45) is 1.81. The molecule has 0 fully saturated rings. The molecule has 1 aromatic rings. The molecule has 0 aliphatic carbocycles. The molecule has 0 saturated heterocycles. The summed E-state index contributed by atoms with van der Waals surface area (Å²) in [5, 5.41) is 15.5. The van der Waals surface area contributed by atoms with E-state index >= 15 is 0 Å². The zero-order valence-electron chi connectivity index (χ0n) is 12.8. The Bertz CT molecular complexity index is 488. The van der Waals surface area contributed by atoms with Crippen LogP contribution in [-0.2, 0) is 9.59 Å². The van der Waals surface area contributed by atoms with E-state index in [4.69, 9.17) is 0 Å². The van der Waals surface area contributed by atoms with E-state index in [0.717, 1.165) is 11.3 Å². The van der Waals surface area contributed by atoms with Gasteiger partial charge in [0.25, 0.3) is 0 Å². The Kier molecular flexibility index (Phi) is 6.77. The Morgan fingerprint density at radius 3 is 2.52 bits per heavy atom. The largest absolute Gasteiger partial charge is 0.383 e. The first-order valence-corrected chi connectivity index (χ1v) is 7.88. The number of aliphatic hydroxyl groups is 1. The topological polar surface area (TPSA) is 91.3 Å². The van der Waals surface area contributed by atoms with Crippen molar-refractivity contribution in [3.8, 4) is 0 Å². The molecule has 0 radical (unpaired) electrons. The van der Waals surface area contributed by atoms with Gasteiger partial charge < -0.3 is 15.7 Å². The predicted molar refractivity (Wildman–Crippen MR) is 83.2 cm³/mol. The van der Waals surface area contributed by atoms with E-state index in [1.165, 1.54) is 11.3 Å². The first kappa shape index (κ1) is 17.6. The van der Waals surface area contributed by atoms with Crippen molar-refractivity contribution in [3.05, 3.63) is 11.1 Å². The van der Waals surface area contributed by atoms with Crippen molar-refractivity contribution in [2.45, 2.75) is 52.7 Å². The number of amides is 2. The number of aryl methyl sites for hydroxylation is 1. The predicted octanol–water partition coefficient (Wildman–Crippen LogP) is 1.69. The molecule has 0 aromatic carbocycles. The lowest BCUT2D eigenvalue weighted by Crippen LogP contribution is -2.48. The third-order valence-electron chi connectivity index (χ3n) is 2.96. The monoisotopic (exact) mass is 313 g/mol. The number of rotatable bonds is 7. The number of nitrogens with zero attached hydrogens (tertiary/aromatic N) is 1. The second-order valence-electron chi connectivity index (χ2n) is 5.30. The van der Waals surface area contributed by atoms with Crippen LogP contribution in [0.25, 0.3) is 0 Å². The fourth-order valence-electron chi connectivity index (χ4n) is 1.72. The molecule has 1 heterocycles. The van der Waals surface area contributed by atoms with Crippen molar-refractivity contribution < 1.29 is 14.7 Å². The first-order valence-electron chi connectivity index (χ1n) is 7.06. The number of hydrogen-bond acceptors (Lipinski definition) is 5. The highest BCUT2D eigenvalue weighted by Gasteiger charge is 2.25. The molecule has 0 aliphatic rings. The number of anilines is 1. The summed E-state index contributed by atoms with van der Waals surface area (Å²) in [5.41, 5.74) is 0. The van der Waals surface area contributed by atoms with Crippen molar-refractivity contribution in [3.63, 3.8) is 0 Å². The van der Waals surface area contributed by atoms with E-state index in [-0.39, 0.29) is 11.8 Å². The van der Waals surface area contributed by atoms with Gasteiger partial charge in [0.2, 0.25) is 11.8 Å². The Morgan fingerprint density at radius 2 is 2.05 bits per heavy atom. The molecule has 3 N–H and O–H groups in total. The van der Waals surface area contributed by atoms with Gasteiger partial charge >= 0.3 is 0 Å². The van der Waals surface area contributed by atoms with Gasteiger partial charge in [0.15, 0.2) is 5.13 Å². The summed E-state index contributed by atoms with van der Waals surface area (Å²) in [4.78, 5) is 29.1. The fraction of sp³-hybridized carbons (Fsp3) is 0.643. The highest BCUT2D eigenvalue weighted by Crippen LogP contribution is 2.17. The molecule has 0 saturated carbocycles. The van der Waals surface area contributed by atoms with Gasteiger partial charge in [0, 0.05) is 11.1 Å². The van der Waals surface area contributed by atoms with Crippen molar-refractivity contribution in [2.24, 2.45) is 5.92 Å². The Morgan fingerprint density at radius 1 is 1.38 bits per heavy atom. The maximum absolute atomic E-state index is 12.2. The second kappa shape index (κ2) is 8.09. The summed E-state index contributed by atoms with van der Waals surface area (Å²) in [6, 6.07) is -0.667. The smallest absolute Gasteiger partial charge is 0.249 e. The summed E-state index contributed by atoms with van der Waals surface area (Å²) in [6.45, 7) is 7.32. The first-order chi connectivity index (χ1) is 9.85. The molecule has 2 atom stereocenters. The molecule has 0 unspecified atom stereocenters. The van der Waals surface area contributed by atoms with Gasteiger partial charge in [-0.3, -0.25) is 9.59 Å². The van der Waals surface area contributed by atoms with Crippen LogP contribution >= 0.6 is 11.3 Å². The molecule has 0 spiro atoms. The SMILES string of the molecule is CCC[C@H](NC(=O)[C@@H](O)C(C)C)C(=O)Nc1ncc(C)s1. The molecule has 0 bridgehead atoms. The van der Waals surface area contributed by atoms with Crippen LogP contribution in [0.1, 0.15) is 38.5 Å². The van der Waals surface area contributed by atoms with E-state index in [2.05, 4.69) is 15.6 Å². The van der Waals surface area contributed by atoms with Crippen LogP contribution in [0.3, 0.4) is 0 Å². The lowest BCUT2D eigenvalue weighted by atomic mass is 10.1. The number of nitrogens with one attached hydrogen (secondary N) is 2. The van der Waals surface area contributed by atoms with Crippen molar-refractivity contribution in [2.75, 3.05) is 5.32 Å². The third kappa shape index (κ3) is 5.43. The lowest BCUT2D eigenvalue weighted by molar-refractivity contribution is -0.134. The van der Waals surface area contributed by atoms with Crippen molar-refractivity contribution >= 4 is 28.3 Å². The summed E-state index contributed by atoms with van der Waals surface area (Å²) >= 11 is 1.38. The number of aromatic nitrogens is 1. The third-order valence-corrected chi connectivity index (χ3v) is 3.79. The van der Waals surface area contributed by atoms with E-state index in [1.807, 2.05) is 13.8 Å². The molecule has 118 valence electrons. The average Bonchev–Trinajstić information content (AvgIpc) is 2.82. The van der Waals surface area contributed by atoms with E-state index < -0.39 is 18.1 Å². The maximum atomic E-state index is 12.2. The maximum Gasteiger partial charge on any atom is 0.249 e. The van der Waals surface area contributed by atoms with Crippen LogP contribution in [0, 0.1) is 12.8 Å². The van der Waals surface area contributed by atoms with Gasteiger partial charge in [-0.1, -0.05) is 27.2 Å². The van der Waals surface area contributed by atoms with Crippen LogP contribution in [0.4, 0.5) is 5.13 Å². The van der Waals surface area contributed by atoms with Gasteiger partial charge in [-0.05, 0) is 19.3 Å². The Hall–Kier alpha value is -1.47. The van der Waals surface area contributed by atoms with E-state index in [9.17, 15) is 14.7 Å². The number of aliphatic hydroxyl groups excluding tert-OH is 1. The summed E-state index contributed by atoms with van der Waals surface area (Å²) in [7, 11) is 0. The summed E-state index contributed by atoms with van der Waals surface area (Å²) in [5.74, 6) is -1.03. The van der Waals surface area contributed by atoms with Crippen molar-refractivity contribution in [1.29, 1.82) is 0 Å². The van der Waals surface area contributed by atoms with Crippen molar-refractivity contribution in [1.82, 2.24) is 10.3 Å². The summed E-state index contributed by atoms with van der Waals surface area (Å²) < 4.78 is 0. The molecular weight excluding hydrogens is 290 g/mol. The molecular formula is C14H23N3O3S. The van der Waals surface area contributed by atoms with Crippen LogP contribution in [0.2, 0.25) is 0 Å². The fourth-order valence-corrected chi connectivity index (χ4v) is 2.39. The number of thiazole rings is 1. The molecule has 1 rings (SSSR count). The minimum absolute atomic E-state index is 0.197. The lowest BCUT2D eigenvalue weighted by Gasteiger charge is -2.20.